The zero-order chi connectivity index (χ0) is 25.4. The van der Waals surface area contributed by atoms with E-state index in [4.69, 9.17) is 20.9 Å². The lowest BCUT2D eigenvalue weighted by atomic mass is 10.1. The Bertz CT molecular complexity index is 1200. The number of halogens is 4. The van der Waals surface area contributed by atoms with Gasteiger partial charge in [0.05, 0.1) is 16.3 Å². The van der Waals surface area contributed by atoms with E-state index in [2.05, 4.69) is 20.6 Å². The summed E-state index contributed by atoms with van der Waals surface area (Å²) in [5, 5.41) is 16.2. The number of hydrogen-bond acceptors (Lipinski definition) is 9. The number of ether oxygens (including phenoxy) is 1. The molecule has 188 valence electrons. The summed E-state index contributed by atoms with van der Waals surface area (Å²) in [6.07, 6.45) is -4.44. The summed E-state index contributed by atoms with van der Waals surface area (Å²) in [4.78, 5) is 16.8. The van der Waals surface area contributed by atoms with E-state index >= 15 is 0 Å². The molecule has 0 atom stereocenters. The highest BCUT2D eigenvalue weighted by Gasteiger charge is 2.32. The molecule has 3 heterocycles. The van der Waals surface area contributed by atoms with E-state index in [1.165, 1.54) is 6.07 Å². The maximum Gasteiger partial charge on any atom is 0.416 e. The minimum absolute atomic E-state index is 0.154. The molecular weight excluding hydrogens is 491 g/mol. The second-order valence-electron chi connectivity index (χ2n) is 8.92. The Kier molecular flexibility index (Phi) is 6.62. The number of carbonyl (C=O) groups is 1. The monoisotopic (exact) mass is 513 g/mol. The first kappa shape index (κ1) is 24.8. The van der Waals surface area contributed by atoms with Gasteiger partial charge in [0.25, 0.3) is 0 Å². The first-order valence-corrected chi connectivity index (χ1v) is 11.1. The predicted octanol–water partition coefficient (Wildman–Crippen LogP) is 3.67. The molecule has 1 aliphatic rings. The van der Waals surface area contributed by atoms with E-state index < -0.39 is 23.3 Å². The van der Waals surface area contributed by atoms with Gasteiger partial charge in [-0.3, -0.25) is 0 Å². The number of alkyl halides is 3. The van der Waals surface area contributed by atoms with Crippen LogP contribution in [-0.4, -0.2) is 63.1 Å². The quantitative estimate of drug-likeness (QED) is 0.473. The molecule has 1 aliphatic heterocycles. The highest BCUT2D eigenvalue weighted by Crippen LogP contribution is 2.36. The average molecular weight is 514 g/mol. The number of benzene rings is 1. The van der Waals surface area contributed by atoms with Crippen LogP contribution >= 0.6 is 11.6 Å². The van der Waals surface area contributed by atoms with E-state index in [1.807, 2.05) is 4.90 Å². The molecule has 35 heavy (non-hydrogen) atoms. The molecule has 0 amide bonds. The summed E-state index contributed by atoms with van der Waals surface area (Å²) in [6.45, 7) is 6.92. The lowest BCUT2D eigenvalue weighted by Crippen LogP contribution is -2.46. The van der Waals surface area contributed by atoms with E-state index in [9.17, 15) is 18.0 Å². The van der Waals surface area contributed by atoms with Crippen LogP contribution in [0.2, 0.25) is 5.02 Å². The Labute approximate surface area is 203 Å². The number of hydrogen-bond donors (Lipinski definition) is 0. The zero-order valence-corrected chi connectivity index (χ0v) is 20.0. The van der Waals surface area contributed by atoms with Crippen molar-refractivity contribution >= 4 is 29.1 Å². The molecular formula is C21H23ClF3N7O3. The van der Waals surface area contributed by atoms with Crippen LogP contribution in [0.1, 0.15) is 26.3 Å². The fourth-order valence-corrected chi connectivity index (χ4v) is 3.76. The maximum absolute atomic E-state index is 13.1. The van der Waals surface area contributed by atoms with Crippen LogP contribution in [0.4, 0.5) is 24.7 Å². The van der Waals surface area contributed by atoms with E-state index in [-0.39, 0.29) is 23.2 Å². The molecule has 0 saturated carbocycles. The van der Waals surface area contributed by atoms with Crippen LogP contribution in [0.15, 0.2) is 28.8 Å². The van der Waals surface area contributed by atoms with Crippen LogP contribution in [0.25, 0.3) is 11.6 Å². The molecule has 1 fully saturated rings. The van der Waals surface area contributed by atoms with Gasteiger partial charge in [-0.15, -0.1) is 10.2 Å². The molecule has 0 unspecified atom stereocenters. The Balaban J connectivity index is 1.38. The third kappa shape index (κ3) is 6.02. The molecule has 0 spiro atoms. The van der Waals surface area contributed by atoms with Crippen LogP contribution in [0.5, 0.6) is 0 Å². The standard InChI is InChI=1S/C21H23ClF3N7O3/c1-20(2,3)34-18(33)12-32-27-19(26-29-32)16-11-17(28-35-16)31-8-6-30(7-9-31)15-10-13(21(23,24)25)4-5-14(15)22/h4-5,10-11H,6-9,12H2,1-3H3. The SMILES string of the molecule is CC(C)(C)OC(=O)Cn1nnc(-c2cc(N3CCN(c4cc(C(F)(F)F)ccc4Cl)CC3)no2)n1. The minimum atomic E-state index is -4.44. The first-order chi connectivity index (χ1) is 16.4. The normalized spacial score (nSPS) is 14.9. The lowest BCUT2D eigenvalue weighted by Gasteiger charge is -2.36. The van der Waals surface area contributed by atoms with Gasteiger partial charge in [0.2, 0.25) is 11.6 Å². The van der Waals surface area contributed by atoms with Crippen LogP contribution < -0.4 is 9.80 Å². The summed E-state index contributed by atoms with van der Waals surface area (Å²) in [7, 11) is 0. The lowest BCUT2D eigenvalue weighted by molar-refractivity contribution is -0.156. The molecule has 2 aromatic heterocycles. The molecule has 3 aromatic rings. The van der Waals surface area contributed by atoms with Crippen LogP contribution in [-0.2, 0) is 22.3 Å². The third-order valence-corrected chi connectivity index (χ3v) is 5.40. The van der Waals surface area contributed by atoms with Crippen molar-refractivity contribution in [1.29, 1.82) is 0 Å². The second kappa shape index (κ2) is 9.36. The van der Waals surface area contributed by atoms with Gasteiger partial charge in [0, 0.05) is 32.2 Å². The van der Waals surface area contributed by atoms with Crippen molar-refractivity contribution in [2.24, 2.45) is 0 Å². The number of anilines is 2. The Hall–Kier alpha value is -3.35. The Morgan fingerprint density at radius 2 is 1.80 bits per heavy atom. The van der Waals surface area contributed by atoms with Gasteiger partial charge >= 0.3 is 12.1 Å². The number of piperazine rings is 1. The third-order valence-electron chi connectivity index (χ3n) is 5.08. The Morgan fingerprint density at radius 1 is 1.11 bits per heavy atom. The predicted molar refractivity (Wildman–Crippen MR) is 120 cm³/mol. The minimum Gasteiger partial charge on any atom is -0.459 e. The molecule has 14 heteroatoms. The molecule has 0 bridgehead atoms. The van der Waals surface area contributed by atoms with Gasteiger partial charge in [0.1, 0.15) is 5.60 Å². The summed E-state index contributed by atoms with van der Waals surface area (Å²) >= 11 is 6.17. The van der Waals surface area contributed by atoms with Crippen LogP contribution in [0, 0.1) is 0 Å². The van der Waals surface area contributed by atoms with Crippen molar-refractivity contribution in [2.75, 3.05) is 36.0 Å². The van der Waals surface area contributed by atoms with Gasteiger partial charge in [-0.05, 0) is 44.2 Å². The summed E-state index contributed by atoms with van der Waals surface area (Å²) in [5.74, 6) is 0.442. The Morgan fingerprint density at radius 3 is 2.46 bits per heavy atom. The maximum atomic E-state index is 13.1. The number of esters is 1. The summed E-state index contributed by atoms with van der Waals surface area (Å²) < 4.78 is 49.9. The van der Waals surface area contributed by atoms with E-state index in [0.29, 0.717) is 37.7 Å². The largest absolute Gasteiger partial charge is 0.459 e. The summed E-state index contributed by atoms with van der Waals surface area (Å²) in [6, 6.07) is 4.94. The van der Waals surface area contributed by atoms with Gasteiger partial charge in [0.15, 0.2) is 12.4 Å². The second-order valence-corrected chi connectivity index (χ2v) is 9.32. The number of nitrogens with zero attached hydrogens (tertiary/aromatic N) is 7. The van der Waals surface area contributed by atoms with Crippen LogP contribution in [0.3, 0.4) is 0 Å². The number of tetrazole rings is 1. The van der Waals surface area contributed by atoms with Gasteiger partial charge in [-0.1, -0.05) is 16.8 Å². The molecule has 0 radical (unpaired) electrons. The van der Waals surface area contributed by atoms with Crippen molar-refractivity contribution in [3.05, 3.63) is 34.9 Å². The van der Waals surface area contributed by atoms with E-state index in [1.54, 1.807) is 31.7 Å². The van der Waals surface area contributed by atoms with Crippen molar-refractivity contribution in [3.63, 3.8) is 0 Å². The summed E-state index contributed by atoms with van der Waals surface area (Å²) in [5.41, 5.74) is -1.03. The van der Waals surface area contributed by atoms with Crippen molar-refractivity contribution in [1.82, 2.24) is 25.4 Å². The average Bonchev–Trinajstić information content (AvgIpc) is 3.42. The van der Waals surface area contributed by atoms with Crippen molar-refractivity contribution in [2.45, 2.75) is 39.1 Å². The van der Waals surface area contributed by atoms with Crippen molar-refractivity contribution in [3.8, 4) is 11.6 Å². The molecule has 1 aromatic carbocycles. The van der Waals surface area contributed by atoms with Gasteiger partial charge in [-0.25, -0.2) is 4.79 Å². The molecule has 0 aliphatic carbocycles. The first-order valence-electron chi connectivity index (χ1n) is 10.7. The number of carbonyl (C=O) groups excluding carboxylic acids is 1. The molecule has 10 nitrogen and oxygen atoms in total. The highest BCUT2D eigenvalue weighted by molar-refractivity contribution is 6.33. The topological polar surface area (TPSA) is 102 Å². The number of aromatic nitrogens is 5. The zero-order valence-electron chi connectivity index (χ0n) is 19.2. The van der Waals surface area contributed by atoms with E-state index in [0.717, 1.165) is 16.9 Å². The molecule has 0 N–H and O–H groups in total. The fraction of sp³-hybridized carbons (Fsp3) is 0.476. The van der Waals surface area contributed by atoms with Gasteiger partial charge < -0.3 is 19.1 Å². The van der Waals surface area contributed by atoms with Crippen molar-refractivity contribution < 1.29 is 27.2 Å². The highest BCUT2D eigenvalue weighted by atomic mass is 35.5. The molecule has 4 rings (SSSR count). The van der Waals surface area contributed by atoms with Gasteiger partial charge in [-0.2, -0.15) is 18.0 Å². The smallest absolute Gasteiger partial charge is 0.416 e. The number of rotatable bonds is 5. The molecule has 1 saturated heterocycles. The fourth-order valence-electron chi connectivity index (χ4n) is 3.53.